The van der Waals surface area contributed by atoms with Gasteiger partial charge in [-0.1, -0.05) is 37.3 Å². The van der Waals surface area contributed by atoms with Crippen LogP contribution in [0.3, 0.4) is 0 Å². The lowest BCUT2D eigenvalue weighted by Gasteiger charge is -2.07. The lowest BCUT2D eigenvalue weighted by molar-refractivity contribution is -0.133. The monoisotopic (exact) mass is 260 g/mol. The van der Waals surface area contributed by atoms with E-state index in [4.69, 9.17) is 10.2 Å². The predicted octanol–water partition coefficient (Wildman–Crippen LogP) is 2.97. The SMILES string of the molecule is CCC(=CC(=C(C)C(=O)O)c1ccccc1)C(=O)O. The van der Waals surface area contributed by atoms with Crippen molar-refractivity contribution < 1.29 is 19.8 Å². The van der Waals surface area contributed by atoms with Gasteiger partial charge in [0.1, 0.15) is 0 Å². The highest BCUT2D eigenvalue weighted by Crippen LogP contribution is 2.22. The molecule has 0 saturated heterocycles. The number of carboxylic acids is 2. The van der Waals surface area contributed by atoms with E-state index in [0.717, 1.165) is 0 Å². The summed E-state index contributed by atoms with van der Waals surface area (Å²) in [6, 6.07) is 8.90. The van der Waals surface area contributed by atoms with Gasteiger partial charge in [0.25, 0.3) is 0 Å². The summed E-state index contributed by atoms with van der Waals surface area (Å²) in [5, 5.41) is 18.2. The zero-order valence-corrected chi connectivity index (χ0v) is 10.9. The molecule has 0 atom stereocenters. The van der Waals surface area contributed by atoms with Crippen molar-refractivity contribution >= 4 is 17.5 Å². The highest BCUT2D eigenvalue weighted by Gasteiger charge is 2.12. The third kappa shape index (κ3) is 3.81. The first-order valence-corrected chi connectivity index (χ1v) is 5.90. The van der Waals surface area contributed by atoms with Crippen LogP contribution in [0.5, 0.6) is 0 Å². The molecule has 0 unspecified atom stereocenters. The molecule has 1 aromatic carbocycles. The predicted molar refractivity (Wildman–Crippen MR) is 72.7 cm³/mol. The summed E-state index contributed by atoms with van der Waals surface area (Å²) in [5.41, 5.74) is 1.42. The number of aliphatic carboxylic acids is 2. The molecule has 0 amide bonds. The minimum absolute atomic E-state index is 0.124. The second-order valence-corrected chi connectivity index (χ2v) is 4.04. The number of hydrogen-bond acceptors (Lipinski definition) is 2. The molecule has 1 aromatic rings. The number of rotatable bonds is 5. The van der Waals surface area contributed by atoms with Crippen LogP contribution in [0.4, 0.5) is 0 Å². The lowest BCUT2D eigenvalue weighted by atomic mass is 9.97. The average Bonchev–Trinajstić information content (AvgIpc) is 2.39. The van der Waals surface area contributed by atoms with E-state index < -0.39 is 11.9 Å². The molecular weight excluding hydrogens is 244 g/mol. The molecule has 0 aliphatic heterocycles. The Balaban J connectivity index is 3.43. The van der Waals surface area contributed by atoms with Gasteiger partial charge in [-0.15, -0.1) is 0 Å². The quantitative estimate of drug-likeness (QED) is 0.630. The van der Waals surface area contributed by atoms with Gasteiger partial charge in [-0.2, -0.15) is 0 Å². The van der Waals surface area contributed by atoms with Crippen LogP contribution in [0.1, 0.15) is 25.8 Å². The second-order valence-electron chi connectivity index (χ2n) is 4.04. The van der Waals surface area contributed by atoms with E-state index in [1.807, 2.05) is 6.07 Å². The maximum Gasteiger partial charge on any atom is 0.331 e. The maximum absolute atomic E-state index is 11.1. The van der Waals surface area contributed by atoms with Gasteiger partial charge >= 0.3 is 11.9 Å². The normalized spacial score (nSPS) is 12.8. The summed E-state index contributed by atoms with van der Waals surface area (Å²) in [7, 11) is 0. The minimum atomic E-state index is -1.06. The Hall–Kier alpha value is -2.36. The molecule has 1 rings (SSSR count). The molecule has 4 nitrogen and oxygen atoms in total. The van der Waals surface area contributed by atoms with E-state index in [1.165, 1.54) is 13.0 Å². The molecule has 0 aliphatic rings. The van der Waals surface area contributed by atoms with Crippen molar-refractivity contribution in [3.8, 4) is 0 Å². The maximum atomic E-state index is 11.1. The Morgan fingerprint density at radius 3 is 2.11 bits per heavy atom. The van der Waals surface area contributed by atoms with Crippen molar-refractivity contribution in [2.24, 2.45) is 0 Å². The third-order valence-electron chi connectivity index (χ3n) is 2.78. The van der Waals surface area contributed by atoms with E-state index in [0.29, 0.717) is 17.6 Å². The van der Waals surface area contributed by atoms with E-state index in [9.17, 15) is 9.59 Å². The Bertz CT molecular complexity index is 539. The fourth-order valence-electron chi connectivity index (χ4n) is 1.63. The van der Waals surface area contributed by atoms with Gasteiger partial charge in [-0.3, -0.25) is 0 Å². The summed E-state index contributed by atoms with van der Waals surface area (Å²) < 4.78 is 0. The Morgan fingerprint density at radius 1 is 1.11 bits per heavy atom. The molecule has 4 heteroatoms. The van der Waals surface area contributed by atoms with E-state index in [-0.39, 0.29) is 11.1 Å². The molecule has 0 spiro atoms. The van der Waals surface area contributed by atoms with Crippen molar-refractivity contribution in [3.05, 3.63) is 53.1 Å². The Morgan fingerprint density at radius 2 is 1.68 bits per heavy atom. The summed E-state index contributed by atoms with van der Waals surface area (Å²) in [5.74, 6) is -2.09. The smallest absolute Gasteiger partial charge is 0.331 e. The van der Waals surface area contributed by atoms with Crippen LogP contribution in [0.15, 0.2) is 47.6 Å². The Kier molecular flexibility index (Phi) is 5.06. The van der Waals surface area contributed by atoms with Gasteiger partial charge in [-0.05, 0) is 30.6 Å². The number of allylic oxidation sites excluding steroid dienone is 2. The topological polar surface area (TPSA) is 74.6 Å². The van der Waals surface area contributed by atoms with Crippen molar-refractivity contribution in [1.29, 1.82) is 0 Å². The summed E-state index contributed by atoms with van der Waals surface area (Å²) >= 11 is 0. The highest BCUT2D eigenvalue weighted by molar-refractivity contribution is 6.00. The number of benzene rings is 1. The second kappa shape index (κ2) is 6.54. The zero-order chi connectivity index (χ0) is 14.4. The van der Waals surface area contributed by atoms with Gasteiger partial charge in [0.15, 0.2) is 0 Å². The van der Waals surface area contributed by atoms with Gasteiger partial charge in [0.2, 0.25) is 0 Å². The molecule has 0 aromatic heterocycles. The van der Waals surface area contributed by atoms with Gasteiger partial charge in [0, 0.05) is 11.1 Å². The molecule has 0 heterocycles. The zero-order valence-electron chi connectivity index (χ0n) is 10.9. The lowest BCUT2D eigenvalue weighted by Crippen LogP contribution is -2.03. The number of carbonyl (C=O) groups is 2. The van der Waals surface area contributed by atoms with E-state index in [1.54, 1.807) is 31.2 Å². The molecule has 0 bridgehead atoms. The molecule has 100 valence electrons. The summed E-state index contributed by atoms with van der Waals surface area (Å²) in [6.45, 7) is 3.19. The first-order chi connectivity index (χ1) is 8.97. The molecular formula is C15H16O4. The fourth-order valence-corrected chi connectivity index (χ4v) is 1.63. The van der Waals surface area contributed by atoms with Crippen LogP contribution in [-0.4, -0.2) is 22.2 Å². The van der Waals surface area contributed by atoms with Crippen LogP contribution in [-0.2, 0) is 9.59 Å². The molecule has 0 radical (unpaired) electrons. The van der Waals surface area contributed by atoms with Gasteiger partial charge in [-0.25, -0.2) is 9.59 Å². The minimum Gasteiger partial charge on any atom is -0.478 e. The molecule has 2 N–H and O–H groups in total. The van der Waals surface area contributed by atoms with Crippen LogP contribution < -0.4 is 0 Å². The standard InChI is InChI=1S/C15H16O4/c1-3-11(15(18)19)9-13(10(2)14(16)17)12-7-5-4-6-8-12/h4-9H,3H2,1-2H3,(H,16,17)(H,18,19). The fraction of sp³-hybridized carbons (Fsp3) is 0.200. The van der Waals surface area contributed by atoms with Crippen molar-refractivity contribution in [2.45, 2.75) is 20.3 Å². The van der Waals surface area contributed by atoms with E-state index in [2.05, 4.69) is 0 Å². The molecule has 0 saturated carbocycles. The third-order valence-corrected chi connectivity index (χ3v) is 2.78. The average molecular weight is 260 g/mol. The Labute approximate surface area is 111 Å². The largest absolute Gasteiger partial charge is 0.478 e. The van der Waals surface area contributed by atoms with Crippen LogP contribution >= 0.6 is 0 Å². The number of hydrogen-bond donors (Lipinski definition) is 2. The van der Waals surface area contributed by atoms with Crippen molar-refractivity contribution in [1.82, 2.24) is 0 Å². The van der Waals surface area contributed by atoms with Crippen LogP contribution in [0, 0.1) is 0 Å². The van der Waals surface area contributed by atoms with Crippen molar-refractivity contribution in [2.75, 3.05) is 0 Å². The first kappa shape index (κ1) is 14.7. The molecule has 0 fully saturated rings. The molecule has 0 aliphatic carbocycles. The summed E-state index contributed by atoms with van der Waals surface area (Å²) in [6.07, 6.45) is 1.76. The molecule has 19 heavy (non-hydrogen) atoms. The van der Waals surface area contributed by atoms with Crippen LogP contribution in [0.2, 0.25) is 0 Å². The van der Waals surface area contributed by atoms with Crippen molar-refractivity contribution in [3.63, 3.8) is 0 Å². The van der Waals surface area contributed by atoms with Crippen LogP contribution in [0.25, 0.3) is 5.57 Å². The van der Waals surface area contributed by atoms with Gasteiger partial charge < -0.3 is 10.2 Å². The van der Waals surface area contributed by atoms with Gasteiger partial charge in [0.05, 0.1) is 0 Å². The van der Waals surface area contributed by atoms with E-state index >= 15 is 0 Å². The first-order valence-electron chi connectivity index (χ1n) is 5.90. The number of carboxylic acid groups (broad SMARTS) is 2. The highest BCUT2D eigenvalue weighted by atomic mass is 16.4. The summed E-state index contributed by atoms with van der Waals surface area (Å²) in [4.78, 5) is 22.2.